The molecule has 3 heterocycles. The van der Waals surface area contributed by atoms with Gasteiger partial charge in [0, 0.05) is 5.69 Å². The Bertz CT molecular complexity index is 809. The molecule has 20 heavy (non-hydrogen) atoms. The van der Waals surface area contributed by atoms with Crippen LogP contribution in [0.25, 0.3) is 17.0 Å². The topological polar surface area (TPSA) is 67.5 Å². The Morgan fingerprint density at radius 3 is 2.75 bits per heavy atom. The second-order valence-corrected chi connectivity index (χ2v) is 4.32. The van der Waals surface area contributed by atoms with Crippen molar-refractivity contribution in [3.8, 4) is 11.4 Å². The first kappa shape index (κ1) is 12.3. The third-order valence-electron chi connectivity index (χ3n) is 3.06. The van der Waals surface area contributed by atoms with Gasteiger partial charge >= 0.3 is 5.97 Å². The fourth-order valence-corrected chi connectivity index (χ4v) is 2.16. The highest BCUT2D eigenvalue weighted by molar-refractivity contribution is 5.87. The molecule has 3 rings (SSSR count). The van der Waals surface area contributed by atoms with Crippen LogP contribution in [0.4, 0.5) is 4.39 Å². The summed E-state index contributed by atoms with van der Waals surface area (Å²) in [4.78, 5) is 19.6. The van der Waals surface area contributed by atoms with Crippen LogP contribution in [-0.2, 0) is 0 Å². The van der Waals surface area contributed by atoms with Gasteiger partial charge in [-0.3, -0.25) is 9.38 Å². The number of halogens is 1. The lowest BCUT2D eigenvalue weighted by molar-refractivity contribution is 0.0688. The van der Waals surface area contributed by atoms with Crippen LogP contribution in [-0.4, -0.2) is 25.4 Å². The van der Waals surface area contributed by atoms with Crippen molar-refractivity contribution in [1.29, 1.82) is 0 Å². The smallest absolute Gasteiger partial charge is 0.352 e. The van der Waals surface area contributed by atoms with Gasteiger partial charge in [-0.05, 0) is 31.2 Å². The molecule has 1 N–H and O–H groups in total. The summed E-state index contributed by atoms with van der Waals surface area (Å²) in [5, 5.41) is 9.21. The first-order chi connectivity index (χ1) is 9.58. The van der Waals surface area contributed by atoms with Gasteiger partial charge in [0.05, 0.1) is 11.9 Å². The van der Waals surface area contributed by atoms with Gasteiger partial charge in [-0.15, -0.1) is 0 Å². The highest BCUT2D eigenvalue weighted by Gasteiger charge is 2.16. The van der Waals surface area contributed by atoms with Crippen LogP contribution in [0.3, 0.4) is 0 Å². The maximum atomic E-state index is 12.9. The van der Waals surface area contributed by atoms with E-state index in [2.05, 4.69) is 9.97 Å². The number of fused-ring (bicyclic) bond motifs is 1. The number of hydrogen-bond acceptors (Lipinski definition) is 3. The van der Waals surface area contributed by atoms with E-state index in [0.29, 0.717) is 22.7 Å². The van der Waals surface area contributed by atoms with Crippen LogP contribution in [0.15, 0.2) is 36.5 Å². The highest BCUT2D eigenvalue weighted by Crippen LogP contribution is 2.23. The molecule has 0 fully saturated rings. The van der Waals surface area contributed by atoms with Gasteiger partial charge in [0.2, 0.25) is 0 Å². The Kier molecular flexibility index (Phi) is 2.71. The van der Waals surface area contributed by atoms with Gasteiger partial charge < -0.3 is 5.11 Å². The van der Waals surface area contributed by atoms with E-state index < -0.39 is 11.8 Å². The van der Waals surface area contributed by atoms with Crippen molar-refractivity contribution in [2.24, 2.45) is 0 Å². The predicted octanol–water partition coefficient (Wildman–Crippen LogP) is 2.54. The number of nitrogens with zero attached hydrogens (tertiary/aromatic N) is 3. The molecule has 3 aromatic rings. The van der Waals surface area contributed by atoms with Crippen molar-refractivity contribution in [1.82, 2.24) is 14.4 Å². The number of imidazole rings is 1. The fourth-order valence-electron chi connectivity index (χ4n) is 2.16. The van der Waals surface area contributed by atoms with E-state index in [1.54, 1.807) is 23.5 Å². The maximum Gasteiger partial charge on any atom is 0.352 e. The van der Waals surface area contributed by atoms with Crippen LogP contribution < -0.4 is 0 Å². The molecule has 0 bridgehead atoms. The van der Waals surface area contributed by atoms with E-state index in [0.717, 1.165) is 6.20 Å². The van der Waals surface area contributed by atoms with Crippen LogP contribution in [0, 0.1) is 12.7 Å². The number of aromatic nitrogens is 3. The SMILES string of the molecule is Cc1c(-c2ccc(F)cn2)nc2cccc(C(=O)O)n12. The summed E-state index contributed by atoms with van der Waals surface area (Å²) >= 11 is 0. The van der Waals surface area contributed by atoms with Crippen molar-refractivity contribution in [2.75, 3.05) is 0 Å². The first-order valence-corrected chi connectivity index (χ1v) is 5.91. The molecular formula is C14H10FN3O2. The fraction of sp³-hybridized carbons (Fsp3) is 0.0714. The largest absolute Gasteiger partial charge is 0.477 e. The number of carbonyl (C=O) groups is 1. The number of aromatic carboxylic acids is 1. The number of carboxylic acid groups (broad SMARTS) is 1. The summed E-state index contributed by atoms with van der Waals surface area (Å²) in [6, 6.07) is 7.67. The van der Waals surface area contributed by atoms with E-state index in [-0.39, 0.29) is 5.69 Å². The van der Waals surface area contributed by atoms with Crippen LogP contribution in [0.5, 0.6) is 0 Å². The minimum atomic E-state index is -1.03. The Labute approximate surface area is 113 Å². The molecular weight excluding hydrogens is 261 g/mol. The third kappa shape index (κ3) is 1.82. The van der Waals surface area contributed by atoms with Gasteiger partial charge in [0.15, 0.2) is 0 Å². The molecule has 6 heteroatoms. The molecule has 0 radical (unpaired) electrons. The van der Waals surface area contributed by atoms with E-state index in [1.165, 1.54) is 18.2 Å². The lowest BCUT2D eigenvalue weighted by atomic mass is 10.2. The van der Waals surface area contributed by atoms with E-state index in [1.807, 2.05) is 0 Å². The monoisotopic (exact) mass is 271 g/mol. The minimum Gasteiger partial charge on any atom is -0.477 e. The van der Waals surface area contributed by atoms with E-state index >= 15 is 0 Å². The van der Waals surface area contributed by atoms with Crippen molar-refractivity contribution < 1.29 is 14.3 Å². The summed E-state index contributed by atoms with van der Waals surface area (Å²) in [5.41, 5.74) is 2.34. The van der Waals surface area contributed by atoms with E-state index in [9.17, 15) is 14.3 Å². The number of hydrogen-bond donors (Lipinski definition) is 1. The number of rotatable bonds is 2. The maximum absolute atomic E-state index is 12.9. The molecule has 0 unspecified atom stereocenters. The van der Waals surface area contributed by atoms with Gasteiger partial charge in [0.1, 0.15) is 22.9 Å². The van der Waals surface area contributed by atoms with Crippen molar-refractivity contribution in [2.45, 2.75) is 6.92 Å². The van der Waals surface area contributed by atoms with Gasteiger partial charge in [-0.25, -0.2) is 14.2 Å². The highest BCUT2D eigenvalue weighted by atomic mass is 19.1. The van der Waals surface area contributed by atoms with Gasteiger partial charge in [-0.2, -0.15) is 0 Å². The Balaban J connectivity index is 2.28. The van der Waals surface area contributed by atoms with Crippen LogP contribution >= 0.6 is 0 Å². The lowest BCUT2D eigenvalue weighted by Gasteiger charge is -2.02. The predicted molar refractivity (Wildman–Crippen MR) is 70.1 cm³/mol. The molecule has 0 spiro atoms. The second-order valence-electron chi connectivity index (χ2n) is 4.32. The average Bonchev–Trinajstić information content (AvgIpc) is 2.77. The van der Waals surface area contributed by atoms with Crippen LogP contribution in [0.2, 0.25) is 0 Å². The second kappa shape index (κ2) is 4.41. The Morgan fingerprint density at radius 1 is 1.30 bits per heavy atom. The zero-order valence-corrected chi connectivity index (χ0v) is 10.5. The molecule has 0 saturated carbocycles. The summed E-state index contributed by atoms with van der Waals surface area (Å²) in [5.74, 6) is -1.46. The lowest BCUT2D eigenvalue weighted by Crippen LogP contribution is -2.05. The molecule has 5 nitrogen and oxygen atoms in total. The molecule has 0 atom stereocenters. The Hall–Kier alpha value is -2.76. The minimum absolute atomic E-state index is 0.126. The van der Waals surface area contributed by atoms with Crippen molar-refractivity contribution in [3.63, 3.8) is 0 Å². The number of carboxylic acids is 1. The van der Waals surface area contributed by atoms with Crippen molar-refractivity contribution >= 4 is 11.6 Å². The normalized spacial score (nSPS) is 10.9. The number of aryl methyl sites for hydroxylation is 1. The van der Waals surface area contributed by atoms with Gasteiger partial charge in [-0.1, -0.05) is 6.07 Å². The summed E-state index contributed by atoms with van der Waals surface area (Å²) < 4.78 is 14.5. The quantitative estimate of drug-likeness (QED) is 0.777. The van der Waals surface area contributed by atoms with E-state index in [4.69, 9.17) is 0 Å². The molecule has 0 aliphatic carbocycles. The first-order valence-electron chi connectivity index (χ1n) is 5.91. The zero-order chi connectivity index (χ0) is 14.3. The molecule has 0 aliphatic heterocycles. The summed E-state index contributed by atoms with van der Waals surface area (Å²) in [6.45, 7) is 1.76. The van der Waals surface area contributed by atoms with Crippen LogP contribution in [0.1, 0.15) is 16.2 Å². The van der Waals surface area contributed by atoms with Gasteiger partial charge in [0.25, 0.3) is 0 Å². The molecule has 0 saturated heterocycles. The molecule has 0 amide bonds. The zero-order valence-electron chi connectivity index (χ0n) is 10.5. The van der Waals surface area contributed by atoms with Crippen molar-refractivity contribution in [3.05, 3.63) is 53.7 Å². The number of pyridine rings is 2. The standard InChI is InChI=1S/C14H10FN3O2/c1-8-13(10-6-5-9(15)7-16-10)17-12-4-2-3-11(14(19)20)18(8)12/h2-7H,1H3,(H,19,20). The molecule has 100 valence electrons. The molecule has 3 aromatic heterocycles. The third-order valence-corrected chi connectivity index (χ3v) is 3.06. The Morgan fingerprint density at radius 2 is 2.10 bits per heavy atom. The average molecular weight is 271 g/mol. The molecule has 0 aromatic carbocycles. The molecule has 0 aliphatic rings. The summed E-state index contributed by atoms with van der Waals surface area (Å²) in [6.07, 6.45) is 1.11. The summed E-state index contributed by atoms with van der Waals surface area (Å²) in [7, 11) is 0.